The number of alkyl halides is 2. The predicted octanol–water partition coefficient (Wildman–Crippen LogP) is 3.64. The maximum absolute atomic E-state index is 12.3. The van der Waals surface area contributed by atoms with Crippen LogP contribution in [0.5, 0.6) is 5.88 Å². The Hall–Kier alpha value is -2.68. The maximum atomic E-state index is 12.3. The van der Waals surface area contributed by atoms with E-state index in [4.69, 9.17) is 0 Å². The first kappa shape index (κ1) is 17.2. The minimum atomic E-state index is -2.89. The summed E-state index contributed by atoms with van der Waals surface area (Å²) in [5, 5.41) is 5.88. The molecule has 6 nitrogen and oxygen atoms in total. The van der Waals surface area contributed by atoms with Crippen molar-refractivity contribution < 1.29 is 13.5 Å². The number of pyridine rings is 1. The second-order valence-electron chi connectivity index (χ2n) is 5.20. The Kier molecular flexibility index (Phi) is 5.44. The number of halogens is 2. The van der Waals surface area contributed by atoms with Crippen molar-refractivity contribution in [3.05, 3.63) is 47.7 Å². The number of anilines is 1. The summed E-state index contributed by atoms with van der Waals surface area (Å²) < 4.78 is 28.8. The van der Waals surface area contributed by atoms with Crippen LogP contribution in [0.25, 0.3) is 10.7 Å². The number of hydrogen-bond donors (Lipinski definition) is 1. The summed E-state index contributed by atoms with van der Waals surface area (Å²) in [6.45, 7) is -0.956. The zero-order valence-electron chi connectivity index (χ0n) is 13.3. The van der Waals surface area contributed by atoms with Gasteiger partial charge in [0.15, 0.2) is 0 Å². The van der Waals surface area contributed by atoms with Gasteiger partial charge in [0.2, 0.25) is 11.8 Å². The topological polar surface area (TPSA) is 72.8 Å². The van der Waals surface area contributed by atoms with Crippen LogP contribution >= 0.6 is 11.3 Å². The number of rotatable bonds is 7. The fourth-order valence-electron chi connectivity index (χ4n) is 2.21. The molecule has 0 aliphatic carbocycles. The predicted molar refractivity (Wildman–Crippen MR) is 90.8 cm³/mol. The van der Waals surface area contributed by atoms with E-state index in [9.17, 15) is 8.78 Å². The van der Waals surface area contributed by atoms with Crippen LogP contribution in [0.15, 0.2) is 42.0 Å². The van der Waals surface area contributed by atoms with E-state index in [0.29, 0.717) is 18.1 Å². The molecule has 1 atom stereocenters. The Balaban J connectivity index is 1.65. The van der Waals surface area contributed by atoms with Gasteiger partial charge in [-0.3, -0.25) is 0 Å². The normalized spacial score (nSPS) is 12.2. The van der Waals surface area contributed by atoms with Gasteiger partial charge in [0.1, 0.15) is 10.7 Å². The number of nitrogens with one attached hydrogen (secondary N) is 1. The molecule has 0 saturated heterocycles. The molecule has 3 rings (SSSR count). The molecular formula is C16H15F2N5OS. The molecule has 130 valence electrons. The van der Waals surface area contributed by atoms with Gasteiger partial charge in [-0.15, -0.1) is 11.3 Å². The van der Waals surface area contributed by atoms with Gasteiger partial charge in [0, 0.05) is 42.0 Å². The van der Waals surface area contributed by atoms with Gasteiger partial charge in [0.25, 0.3) is 0 Å². The van der Waals surface area contributed by atoms with Crippen LogP contribution in [0.4, 0.5) is 14.7 Å². The summed E-state index contributed by atoms with van der Waals surface area (Å²) in [5.41, 5.74) is 1.37. The van der Waals surface area contributed by atoms with Gasteiger partial charge in [-0.2, -0.15) is 8.78 Å². The first-order valence-electron chi connectivity index (χ1n) is 7.50. The maximum Gasteiger partial charge on any atom is 0.388 e. The fraction of sp³-hybridized carbons (Fsp3) is 0.250. The number of hydrogen-bond acceptors (Lipinski definition) is 7. The van der Waals surface area contributed by atoms with Crippen LogP contribution in [-0.4, -0.2) is 32.6 Å². The van der Waals surface area contributed by atoms with Crippen LogP contribution in [0.3, 0.4) is 0 Å². The first-order chi connectivity index (χ1) is 12.1. The molecule has 0 fully saturated rings. The summed E-state index contributed by atoms with van der Waals surface area (Å²) in [7, 11) is 0. The molecule has 0 aliphatic rings. The van der Waals surface area contributed by atoms with E-state index in [0.717, 1.165) is 10.7 Å². The minimum absolute atomic E-state index is 0.0548. The van der Waals surface area contributed by atoms with Gasteiger partial charge in [-0.05, 0) is 19.1 Å². The lowest BCUT2D eigenvalue weighted by atomic mass is 10.1. The number of thiazole rings is 1. The van der Waals surface area contributed by atoms with E-state index in [1.54, 1.807) is 30.6 Å². The SMILES string of the molecule is CC(Cc1cccc(OC(F)F)n1)Nc1nccc(-c2nccs2)n1. The summed E-state index contributed by atoms with van der Waals surface area (Å²) in [5.74, 6) is 0.377. The Morgan fingerprint density at radius 2 is 2.04 bits per heavy atom. The van der Waals surface area contributed by atoms with Crippen LogP contribution in [0.2, 0.25) is 0 Å². The molecule has 25 heavy (non-hydrogen) atoms. The third-order valence-electron chi connectivity index (χ3n) is 3.19. The van der Waals surface area contributed by atoms with Crippen molar-refractivity contribution in [2.75, 3.05) is 5.32 Å². The molecule has 0 saturated carbocycles. The van der Waals surface area contributed by atoms with E-state index in [2.05, 4.69) is 30.0 Å². The molecule has 0 radical (unpaired) electrons. The van der Waals surface area contributed by atoms with E-state index in [-0.39, 0.29) is 11.9 Å². The van der Waals surface area contributed by atoms with Gasteiger partial charge in [-0.1, -0.05) is 6.07 Å². The highest BCUT2D eigenvalue weighted by atomic mass is 32.1. The molecule has 0 amide bonds. The fourth-order valence-corrected chi connectivity index (χ4v) is 2.82. The van der Waals surface area contributed by atoms with Crippen LogP contribution in [-0.2, 0) is 6.42 Å². The van der Waals surface area contributed by atoms with Gasteiger partial charge in [-0.25, -0.2) is 19.9 Å². The molecule has 0 bridgehead atoms. The molecule has 3 aromatic heterocycles. The Morgan fingerprint density at radius 3 is 2.80 bits per heavy atom. The van der Waals surface area contributed by atoms with Crippen LogP contribution in [0, 0.1) is 0 Å². The molecular weight excluding hydrogens is 348 g/mol. The molecule has 0 spiro atoms. The first-order valence-corrected chi connectivity index (χ1v) is 8.38. The summed E-state index contributed by atoms with van der Waals surface area (Å²) in [6.07, 6.45) is 3.89. The minimum Gasteiger partial charge on any atom is -0.417 e. The summed E-state index contributed by atoms with van der Waals surface area (Å²) in [6, 6.07) is 6.52. The van der Waals surface area contributed by atoms with Crippen molar-refractivity contribution in [3.8, 4) is 16.6 Å². The zero-order valence-corrected chi connectivity index (χ0v) is 14.1. The third kappa shape index (κ3) is 4.90. The zero-order chi connectivity index (χ0) is 17.6. The number of ether oxygens (including phenoxy) is 1. The third-order valence-corrected chi connectivity index (χ3v) is 3.98. The highest BCUT2D eigenvalue weighted by Gasteiger charge is 2.11. The van der Waals surface area contributed by atoms with Gasteiger partial charge < -0.3 is 10.1 Å². The summed E-state index contributed by atoms with van der Waals surface area (Å²) >= 11 is 1.50. The Bertz CT molecular complexity index is 816. The lowest BCUT2D eigenvalue weighted by Crippen LogP contribution is -2.20. The van der Waals surface area contributed by atoms with E-state index in [1.165, 1.54) is 17.4 Å². The smallest absolute Gasteiger partial charge is 0.388 e. The van der Waals surface area contributed by atoms with Crippen molar-refractivity contribution >= 4 is 17.3 Å². The standard InChI is InChI=1S/C16H15F2N5OS/c1-10(9-11-3-2-4-13(22-11)24-15(17)18)21-16-20-6-5-12(23-16)14-19-7-8-25-14/h2-8,10,15H,9H2,1H3,(H,20,21,23). The lowest BCUT2D eigenvalue weighted by molar-refractivity contribution is -0.0529. The second kappa shape index (κ2) is 7.93. The monoisotopic (exact) mass is 363 g/mol. The van der Waals surface area contributed by atoms with Crippen molar-refractivity contribution in [1.82, 2.24) is 19.9 Å². The Labute approximate surface area is 147 Å². The van der Waals surface area contributed by atoms with Crippen LogP contribution < -0.4 is 10.1 Å². The van der Waals surface area contributed by atoms with Crippen molar-refractivity contribution in [1.29, 1.82) is 0 Å². The van der Waals surface area contributed by atoms with E-state index in [1.807, 2.05) is 12.3 Å². The second-order valence-corrected chi connectivity index (χ2v) is 6.09. The van der Waals surface area contributed by atoms with Crippen LogP contribution in [0.1, 0.15) is 12.6 Å². The molecule has 0 aromatic carbocycles. The molecule has 0 aliphatic heterocycles. The average molecular weight is 363 g/mol. The van der Waals surface area contributed by atoms with E-state index >= 15 is 0 Å². The van der Waals surface area contributed by atoms with Gasteiger partial charge in [0.05, 0.1) is 0 Å². The molecule has 1 unspecified atom stereocenters. The van der Waals surface area contributed by atoms with Crippen molar-refractivity contribution in [3.63, 3.8) is 0 Å². The molecule has 1 N–H and O–H groups in total. The van der Waals surface area contributed by atoms with E-state index < -0.39 is 6.61 Å². The number of nitrogens with zero attached hydrogens (tertiary/aromatic N) is 4. The van der Waals surface area contributed by atoms with Crippen molar-refractivity contribution in [2.24, 2.45) is 0 Å². The molecule has 9 heteroatoms. The van der Waals surface area contributed by atoms with Crippen molar-refractivity contribution in [2.45, 2.75) is 26.0 Å². The highest BCUT2D eigenvalue weighted by Crippen LogP contribution is 2.20. The molecule has 3 heterocycles. The lowest BCUT2D eigenvalue weighted by Gasteiger charge is -2.14. The molecule has 3 aromatic rings. The largest absolute Gasteiger partial charge is 0.417 e. The summed E-state index contributed by atoms with van der Waals surface area (Å²) in [4.78, 5) is 16.9. The quantitative estimate of drug-likeness (QED) is 0.691. The Morgan fingerprint density at radius 1 is 1.16 bits per heavy atom. The average Bonchev–Trinajstić information content (AvgIpc) is 3.09. The highest BCUT2D eigenvalue weighted by molar-refractivity contribution is 7.13. The van der Waals surface area contributed by atoms with Gasteiger partial charge >= 0.3 is 6.61 Å². The number of aromatic nitrogens is 4.